The van der Waals surface area contributed by atoms with Crippen LogP contribution in [0.15, 0.2) is 54.6 Å². The predicted molar refractivity (Wildman–Crippen MR) is 64.0 cm³/mol. The van der Waals surface area contributed by atoms with E-state index in [1.807, 2.05) is 43.3 Å². The van der Waals surface area contributed by atoms with Gasteiger partial charge in [-0.3, -0.25) is 0 Å². The van der Waals surface area contributed by atoms with Crippen molar-refractivity contribution in [1.82, 2.24) is 0 Å². The molecular formula is C14H13NO. The van der Waals surface area contributed by atoms with Gasteiger partial charge in [0, 0.05) is 0 Å². The molecule has 0 fully saturated rings. The summed E-state index contributed by atoms with van der Waals surface area (Å²) in [5, 5.41) is 17.1. The standard InChI is InChI=1S/C7H5N.C7H8O/c8-6-7-4-2-1-3-5-7;1-6-3-2-4-7(8)5-6/h1-5H;2-5,8H,1H3. The Morgan fingerprint density at radius 2 is 1.69 bits per heavy atom. The number of nitriles is 1. The highest BCUT2D eigenvalue weighted by atomic mass is 16.3. The van der Waals surface area contributed by atoms with Crippen LogP contribution in [0.3, 0.4) is 0 Å². The third-order valence-corrected chi connectivity index (χ3v) is 1.90. The van der Waals surface area contributed by atoms with Gasteiger partial charge < -0.3 is 5.11 Å². The summed E-state index contributed by atoms with van der Waals surface area (Å²) in [6.07, 6.45) is 0. The molecule has 2 aromatic rings. The minimum Gasteiger partial charge on any atom is -0.508 e. The molecule has 16 heavy (non-hydrogen) atoms. The second-order valence-electron chi connectivity index (χ2n) is 3.32. The molecule has 0 saturated carbocycles. The van der Waals surface area contributed by atoms with E-state index in [0.717, 1.165) is 5.56 Å². The Kier molecular flexibility index (Phi) is 4.62. The first kappa shape index (κ1) is 11.8. The number of aryl methyl sites for hydroxylation is 1. The van der Waals surface area contributed by atoms with Crippen LogP contribution in [0.2, 0.25) is 0 Å². The van der Waals surface area contributed by atoms with E-state index in [1.165, 1.54) is 0 Å². The molecule has 0 radical (unpaired) electrons. The second-order valence-corrected chi connectivity index (χ2v) is 3.32. The molecule has 0 amide bonds. The molecule has 1 N–H and O–H groups in total. The lowest BCUT2D eigenvalue weighted by atomic mass is 10.2. The molecule has 0 aliphatic heterocycles. The van der Waals surface area contributed by atoms with Gasteiger partial charge in [0.2, 0.25) is 0 Å². The summed E-state index contributed by atoms with van der Waals surface area (Å²) in [7, 11) is 0. The first-order valence-corrected chi connectivity index (χ1v) is 4.93. The van der Waals surface area contributed by atoms with Crippen molar-refractivity contribution < 1.29 is 5.11 Å². The molecule has 2 aromatic carbocycles. The van der Waals surface area contributed by atoms with Crippen LogP contribution in [0, 0.1) is 18.3 Å². The highest BCUT2D eigenvalue weighted by Gasteiger charge is 1.83. The third kappa shape index (κ3) is 4.30. The van der Waals surface area contributed by atoms with Crippen molar-refractivity contribution in [3.63, 3.8) is 0 Å². The zero-order chi connectivity index (χ0) is 11.8. The Balaban J connectivity index is 0.000000160. The van der Waals surface area contributed by atoms with Gasteiger partial charge >= 0.3 is 0 Å². The number of benzene rings is 2. The quantitative estimate of drug-likeness (QED) is 0.726. The predicted octanol–water partition coefficient (Wildman–Crippen LogP) is 3.26. The molecule has 2 heteroatoms. The minimum absolute atomic E-state index is 0.338. The fourth-order valence-electron chi connectivity index (χ4n) is 1.14. The van der Waals surface area contributed by atoms with Gasteiger partial charge in [0.05, 0.1) is 11.6 Å². The summed E-state index contributed by atoms with van der Waals surface area (Å²) in [6, 6.07) is 18.3. The summed E-state index contributed by atoms with van der Waals surface area (Å²) in [5.74, 6) is 0.338. The van der Waals surface area contributed by atoms with Gasteiger partial charge in [-0.2, -0.15) is 5.26 Å². The van der Waals surface area contributed by atoms with Gasteiger partial charge in [-0.1, -0.05) is 30.3 Å². The Morgan fingerprint density at radius 1 is 1.00 bits per heavy atom. The van der Waals surface area contributed by atoms with Gasteiger partial charge in [0.1, 0.15) is 5.75 Å². The molecule has 0 aliphatic rings. The van der Waals surface area contributed by atoms with Gasteiger partial charge in [-0.05, 0) is 36.8 Å². The normalized spacial score (nSPS) is 8.50. The van der Waals surface area contributed by atoms with Crippen molar-refractivity contribution in [2.45, 2.75) is 6.92 Å². The molecule has 2 rings (SSSR count). The molecule has 0 unspecified atom stereocenters. The van der Waals surface area contributed by atoms with Crippen LogP contribution in [0.5, 0.6) is 5.75 Å². The fourth-order valence-corrected chi connectivity index (χ4v) is 1.14. The molecule has 0 atom stereocenters. The van der Waals surface area contributed by atoms with E-state index in [-0.39, 0.29) is 0 Å². The summed E-state index contributed by atoms with van der Waals surface area (Å²) in [5.41, 5.74) is 1.80. The van der Waals surface area contributed by atoms with E-state index in [9.17, 15) is 0 Å². The van der Waals surface area contributed by atoms with E-state index >= 15 is 0 Å². The molecule has 0 spiro atoms. The van der Waals surface area contributed by atoms with Gasteiger partial charge in [-0.25, -0.2) is 0 Å². The summed E-state index contributed by atoms with van der Waals surface area (Å²) in [6.45, 7) is 1.94. The molecule has 0 bridgehead atoms. The zero-order valence-electron chi connectivity index (χ0n) is 9.09. The molecule has 0 saturated heterocycles. The number of phenols is 1. The lowest BCUT2D eigenvalue weighted by molar-refractivity contribution is 0.475. The first-order valence-electron chi connectivity index (χ1n) is 4.93. The van der Waals surface area contributed by atoms with Gasteiger partial charge in [0.15, 0.2) is 0 Å². The van der Waals surface area contributed by atoms with E-state index < -0.39 is 0 Å². The number of nitrogens with zero attached hydrogens (tertiary/aromatic N) is 1. The number of phenolic OH excluding ortho intramolecular Hbond substituents is 1. The Labute approximate surface area is 95.4 Å². The van der Waals surface area contributed by atoms with Crippen LogP contribution < -0.4 is 0 Å². The lowest BCUT2D eigenvalue weighted by Crippen LogP contribution is -1.66. The van der Waals surface area contributed by atoms with Crippen molar-refractivity contribution in [3.8, 4) is 11.8 Å². The highest BCUT2D eigenvalue weighted by molar-refractivity contribution is 5.27. The van der Waals surface area contributed by atoms with Crippen LogP contribution in [0.25, 0.3) is 0 Å². The molecule has 0 aromatic heterocycles. The summed E-state index contributed by atoms with van der Waals surface area (Å²) < 4.78 is 0. The van der Waals surface area contributed by atoms with Crippen LogP contribution in [0.4, 0.5) is 0 Å². The van der Waals surface area contributed by atoms with Gasteiger partial charge in [-0.15, -0.1) is 0 Å². The highest BCUT2D eigenvalue weighted by Crippen LogP contribution is 2.08. The van der Waals surface area contributed by atoms with Crippen LogP contribution in [0.1, 0.15) is 11.1 Å². The smallest absolute Gasteiger partial charge is 0.115 e. The second kappa shape index (κ2) is 6.26. The SMILES string of the molecule is Cc1cccc(O)c1.N#Cc1ccccc1. The minimum atomic E-state index is 0.338. The molecule has 0 aliphatic carbocycles. The average Bonchev–Trinajstić information content (AvgIpc) is 2.31. The summed E-state index contributed by atoms with van der Waals surface area (Å²) in [4.78, 5) is 0. The third-order valence-electron chi connectivity index (χ3n) is 1.90. The van der Waals surface area contributed by atoms with Crippen molar-refractivity contribution >= 4 is 0 Å². The Hall–Kier alpha value is -2.27. The van der Waals surface area contributed by atoms with Crippen molar-refractivity contribution in [2.24, 2.45) is 0 Å². The molecule has 0 heterocycles. The maximum absolute atomic E-state index is 8.81. The summed E-state index contributed by atoms with van der Waals surface area (Å²) >= 11 is 0. The van der Waals surface area contributed by atoms with E-state index in [0.29, 0.717) is 11.3 Å². The van der Waals surface area contributed by atoms with Crippen molar-refractivity contribution in [3.05, 3.63) is 65.7 Å². The number of hydrogen-bond donors (Lipinski definition) is 1. The van der Waals surface area contributed by atoms with E-state index in [4.69, 9.17) is 10.4 Å². The maximum Gasteiger partial charge on any atom is 0.115 e. The van der Waals surface area contributed by atoms with Gasteiger partial charge in [0.25, 0.3) is 0 Å². The Bertz CT molecular complexity index is 454. The number of rotatable bonds is 0. The largest absolute Gasteiger partial charge is 0.508 e. The van der Waals surface area contributed by atoms with E-state index in [2.05, 4.69) is 0 Å². The van der Waals surface area contributed by atoms with Crippen LogP contribution >= 0.6 is 0 Å². The Morgan fingerprint density at radius 3 is 2.06 bits per heavy atom. The lowest BCUT2D eigenvalue weighted by Gasteiger charge is -1.89. The monoisotopic (exact) mass is 211 g/mol. The number of hydrogen-bond acceptors (Lipinski definition) is 2. The van der Waals surface area contributed by atoms with Crippen LogP contribution in [-0.4, -0.2) is 5.11 Å². The van der Waals surface area contributed by atoms with Crippen LogP contribution in [-0.2, 0) is 0 Å². The van der Waals surface area contributed by atoms with Crippen molar-refractivity contribution in [2.75, 3.05) is 0 Å². The molecule has 80 valence electrons. The fraction of sp³-hybridized carbons (Fsp3) is 0.0714. The van der Waals surface area contributed by atoms with E-state index in [1.54, 1.807) is 24.3 Å². The topological polar surface area (TPSA) is 44.0 Å². The zero-order valence-corrected chi connectivity index (χ0v) is 9.09. The first-order chi connectivity index (χ1) is 7.72. The molecular weight excluding hydrogens is 198 g/mol. The molecule has 2 nitrogen and oxygen atoms in total. The average molecular weight is 211 g/mol. The number of aromatic hydroxyl groups is 1. The van der Waals surface area contributed by atoms with Crippen molar-refractivity contribution in [1.29, 1.82) is 5.26 Å². The maximum atomic E-state index is 8.81.